The predicted molar refractivity (Wildman–Crippen MR) is 68.8 cm³/mol. The number of hydrogen-bond acceptors (Lipinski definition) is 1. The van der Waals surface area contributed by atoms with Gasteiger partial charge in [-0.1, -0.05) is 52.9 Å². The Morgan fingerprint density at radius 2 is 1.86 bits per heavy atom. The summed E-state index contributed by atoms with van der Waals surface area (Å²) in [6, 6.07) is 9.73. The molecule has 1 aromatic rings. The van der Waals surface area contributed by atoms with Gasteiger partial charge in [-0.15, -0.1) is 0 Å². The lowest BCUT2D eigenvalue weighted by Crippen LogP contribution is -2.24. The summed E-state index contributed by atoms with van der Waals surface area (Å²) in [7, 11) is 0. The average Bonchev–Trinajstić information content (AvgIpc) is 2.22. The summed E-state index contributed by atoms with van der Waals surface area (Å²) in [6.07, 6.45) is 0.481. The summed E-state index contributed by atoms with van der Waals surface area (Å²) in [4.78, 5) is 13.1. The predicted octanol–water partition coefficient (Wildman–Crippen LogP) is 2.42. The SMILES string of the molecule is CCNC(=O)Cc1ccccc1.CI. The van der Waals surface area contributed by atoms with E-state index in [9.17, 15) is 4.79 Å². The molecule has 0 aliphatic heterocycles. The van der Waals surface area contributed by atoms with Gasteiger partial charge in [0.1, 0.15) is 0 Å². The Bertz CT molecular complexity index is 249. The second kappa shape index (κ2) is 8.99. The highest BCUT2D eigenvalue weighted by Gasteiger charge is 1.99. The number of hydrogen-bond donors (Lipinski definition) is 1. The minimum atomic E-state index is 0.0868. The van der Waals surface area contributed by atoms with E-state index >= 15 is 0 Å². The van der Waals surface area contributed by atoms with E-state index < -0.39 is 0 Å². The number of amides is 1. The Hall–Kier alpha value is -0.580. The van der Waals surface area contributed by atoms with E-state index in [4.69, 9.17) is 0 Å². The van der Waals surface area contributed by atoms with Crippen LogP contribution in [0.1, 0.15) is 12.5 Å². The molecule has 0 bridgehead atoms. The summed E-state index contributed by atoms with van der Waals surface area (Å²) in [5, 5.41) is 2.76. The zero-order valence-corrected chi connectivity index (χ0v) is 10.7. The van der Waals surface area contributed by atoms with E-state index in [0.29, 0.717) is 13.0 Å². The molecule has 1 aromatic carbocycles. The molecular weight excluding hydrogens is 289 g/mol. The van der Waals surface area contributed by atoms with Crippen LogP contribution in [-0.4, -0.2) is 17.4 Å². The Morgan fingerprint density at radius 3 is 2.36 bits per heavy atom. The molecular formula is C11H16INO. The Kier molecular flexibility index (Phi) is 8.62. The number of benzene rings is 1. The Labute approximate surface area is 99.2 Å². The highest BCUT2D eigenvalue weighted by Crippen LogP contribution is 1.98. The van der Waals surface area contributed by atoms with E-state index in [1.165, 1.54) is 0 Å². The van der Waals surface area contributed by atoms with Gasteiger partial charge in [0.25, 0.3) is 0 Å². The summed E-state index contributed by atoms with van der Waals surface area (Å²) < 4.78 is 0. The molecule has 0 atom stereocenters. The van der Waals surface area contributed by atoms with Crippen LogP contribution in [0.15, 0.2) is 30.3 Å². The molecule has 2 nitrogen and oxygen atoms in total. The molecule has 0 radical (unpaired) electrons. The first-order valence-corrected chi connectivity index (χ1v) is 6.67. The van der Waals surface area contributed by atoms with E-state index in [0.717, 1.165) is 5.56 Å². The number of alkyl halides is 1. The molecule has 0 fully saturated rings. The van der Waals surface area contributed by atoms with Crippen LogP contribution in [0.2, 0.25) is 0 Å². The van der Waals surface area contributed by atoms with Gasteiger partial charge in [0.2, 0.25) is 5.91 Å². The van der Waals surface area contributed by atoms with Gasteiger partial charge in [-0.25, -0.2) is 0 Å². The van der Waals surface area contributed by atoms with E-state index in [1.54, 1.807) is 0 Å². The fourth-order valence-electron chi connectivity index (χ4n) is 1.04. The second-order valence-corrected chi connectivity index (χ2v) is 2.62. The second-order valence-electron chi connectivity index (χ2n) is 2.62. The van der Waals surface area contributed by atoms with Crippen molar-refractivity contribution in [3.8, 4) is 0 Å². The van der Waals surface area contributed by atoms with Crippen LogP contribution in [-0.2, 0) is 11.2 Å². The van der Waals surface area contributed by atoms with Gasteiger partial charge in [-0.2, -0.15) is 0 Å². The number of carbonyl (C=O) groups excluding carboxylic acids is 1. The summed E-state index contributed by atoms with van der Waals surface area (Å²) in [5.74, 6) is 0.0868. The lowest BCUT2D eigenvalue weighted by Gasteiger charge is -2.00. The molecule has 78 valence electrons. The quantitative estimate of drug-likeness (QED) is 0.674. The fraction of sp³-hybridized carbons (Fsp3) is 0.364. The molecule has 0 saturated heterocycles. The van der Waals surface area contributed by atoms with Crippen LogP contribution >= 0.6 is 22.6 Å². The highest BCUT2D eigenvalue weighted by molar-refractivity contribution is 14.1. The van der Waals surface area contributed by atoms with Crippen LogP contribution in [0.3, 0.4) is 0 Å². The van der Waals surface area contributed by atoms with Gasteiger partial charge < -0.3 is 5.32 Å². The smallest absolute Gasteiger partial charge is 0.224 e. The summed E-state index contributed by atoms with van der Waals surface area (Å²) >= 11 is 2.15. The van der Waals surface area contributed by atoms with Crippen molar-refractivity contribution < 1.29 is 4.79 Å². The minimum Gasteiger partial charge on any atom is -0.356 e. The number of carbonyl (C=O) groups is 1. The molecule has 0 aliphatic rings. The maximum Gasteiger partial charge on any atom is 0.224 e. The van der Waals surface area contributed by atoms with Gasteiger partial charge in [-0.3, -0.25) is 4.79 Å². The monoisotopic (exact) mass is 305 g/mol. The molecule has 0 aromatic heterocycles. The summed E-state index contributed by atoms with van der Waals surface area (Å²) in [6.45, 7) is 2.62. The van der Waals surface area contributed by atoms with E-state index in [1.807, 2.05) is 42.2 Å². The van der Waals surface area contributed by atoms with E-state index in [-0.39, 0.29) is 5.91 Å². The first-order valence-electron chi connectivity index (χ1n) is 4.51. The third-order valence-electron chi connectivity index (χ3n) is 1.58. The van der Waals surface area contributed by atoms with Crippen LogP contribution in [0, 0.1) is 0 Å². The lowest BCUT2D eigenvalue weighted by atomic mass is 10.1. The Morgan fingerprint density at radius 1 is 1.29 bits per heavy atom. The standard InChI is InChI=1S/C10H13NO.CH3I/c1-2-11-10(12)8-9-6-4-3-5-7-9;1-2/h3-7H,2,8H2,1H3,(H,11,12);1H3. The van der Waals surface area contributed by atoms with Crippen molar-refractivity contribution in [3.05, 3.63) is 35.9 Å². The third-order valence-corrected chi connectivity index (χ3v) is 1.58. The normalized spacial score (nSPS) is 8.50. The number of nitrogens with one attached hydrogen (secondary N) is 1. The van der Waals surface area contributed by atoms with Gasteiger partial charge in [0, 0.05) is 6.54 Å². The van der Waals surface area contributed by atoms with Gasteiger partial charge in [-0.05, 0) is 17.4 Å². The largest absolute Gasteiger partial charge is 0.356 e. The van der Waals surface area contributed by atoms with Crippen LogP contribution < -0.4 is 5.32 Å². The minimum absolute atomic E-state index is 0.0868. The van der Waals surface area contributed by atoms with Crippen molar-refractivity contribution in [3.63, 3.8) is 0 Å². The molecule has 3 heteroatoms. The molecule has 1 amide bonds. The molecule has 0 spiro atoms. The van der Waals surface area contributed by atoms with Crippen molar-refractivity contribution >= 4 is 28.5 Å². The number of rotatable bonds is 3. The maximum atomic E-state index is 11.1. The van der Waals surface area contributed by atoms with Crippen LogP contribution in [0.25, 0.3) is 0 Å². The van der Waals surface area contributed by atoms with Gasteiger partial charge >= 0.3 is 0 Å². The first kappa shape index (κ1) is 13.4. The first-order chi connectivity index (χ1) is 6.83. The van der Waals surface area contributed by atoms with Gasteiger partial charge in [0.05, 0.1) is 6.42 Å². The van der Waals surface area contributed by atoms with Crippen molar-refractivity contribution in [1.82, 2.24) is 5.32 Å². The molecule has 0 aliphatic carbocycles. The molecule has 14 heavy (non-hydrogen) atoms. The van der Waals surface area contributed by atoms with Gasteiger partial charge in [0.15, 0.2) is 0 Å². The zero-order valence-electron chi connectivity index (χ0n) is 8.59. The molecule has 1 N–H and O–H groups in total. The Balaban J connectivity index is 0.000000791. The van der Waals surface area contributed by atoms with Crippen molar-refractivity contribution in [2.75, 3.05) is 11.5 Å². The highest BCUT2D eigenvalue weighted by atomic mass is 127. The topological polar surface area (TPSA) is 29.1 Å². The van der Waals surface area contributed by atoms with Crippen molar-refractivity contribution in [2.45, 2.75) is 13.3 Å². The van der Waals surface area contributed by atoms with Crippen LogP contribution in [0.4, 0.5) is 0 Å². The lowest BCUT2D eigenvalue weighted by molar-refractivity contribution is -0.120. The summed E-state index contributed by atoms with van der Waals surface area (Å²) in [5.41, 5.74) is 1.06. The molecule has 1 rings (SSSR count). The van der Waals surface area contributed by atoms with Crippen molar-refractivity contribution in [2.24, 2.45) is 0 Å². The van der Waals surface area contributed by atoms with Crippen LogP contribution in [0.5, 0.6) is 0 Å². The molecule has 0 heterocycles. The number of halogens is 1. The zero-order chi connectivity index (χ0) is 10.8. The van der Waals surface area contributed by atoms with Crippen molar-refractivity contribution in [1.29, 1.82) is 0 Å². The number of likely N-dealkylation sites (N-methyl/N-ethyl adjacent to an activating group) is 1. The fourth-order valence-corrected chi connectivity index (χ4v) is 1.04. The van der Waals surface area contributed by atoms with E-state index in [2.05, 4.69) is 27.9 Å². The average molecular weight is 305 g/mol. The third kappa shape index (κ3) is 5.96. The molecule has 0 saturated carbocycles. The maximum absolute atomic E-state index is 11.1. The molecule has 0 unspecified atom stereocenters.